The number of nitrogens with zero attached hydrogens (tertiary/aromatic N) is 6. The van der Waals surface area contributed by atoms with Crippen LogP contribution in [0.3, 0.4) is 0 Å². The average molecular weight is 334 g/mol. The molecule has 4 aliphatic rings. The molecule has 3 heterocycles. The first kappa shape index (κ1) is 15.0. The average Bonchev–Trinajstić information content (AvgIpc) is 3.31. The molecule has 5 atom stereocenters. The number of rotatable bonds is 5. The van der Waals surface area contributed by atoms with E-state index >= 15 is 0 Å². The summed E-state index contributed by atoms with van der Waals surface area (Å²) >= 11 is 0. The molecule has 1 aromatic rings. The standard InChI is InChI=1S/C16H26N6O2/c23-15-11-8-12-10-21(14(15)13(12)9-11)16-17-18-19-22(16)3-1-2-20-4-6-24-7-5-20/h11-15,23H,1-10H2. The smallest absolute Gasteiger partial charge is 0.245 e. The first-order valence-corrected chi connectivity index (χ1v) is 9.32. The molecular formula is C16H26N6O2. The molecule has 8 nitrogen and oxygen atoms in total. The molecule has 132 valence electrons. The van der Waals surface area contributed by atoms with E-state index in [1.165, 1.54) is 12.8 Å². The number of anilines is 1. The van der Waals surface area contributed by atoms with Gasteiger partial charge in [0, 0.05) is 32.7 Å². The number of fused-ring (bicyclic) bond motifs is 1. The summed E-state index contributed by atoms with van der Waals surface area (Å²) in [4.78, 5) is 4.73. The van der Waals surface area contributed by atoms with E-state index < -0.39 is 0 Å². The number of aryl methyl sites for hydroxylation is 1. The van der Waals surface area contributed by atoms with Crippen molar-refractivity contribution in [2.24, 2.45) is 17.8 Å². The summed E-state index contributed by atoms with van der Waals surface area (Å²) in [5.41, 5.74) is 0. The molecule has 2 aliphatic heterocycles. The van der Waals surface area contributed by atoms with Crippen LogP contribution in [0.5, 0.6) is 0 Å². The molecule has 1 N–H and O–H groups in total. The highest BCUT2D eigenvalue weighted by Gasteiger charge is 2.59. The van der Waals surface area contributed by atoms with Gasteiger partial charge in [0.2, 0.25) is 5.95 Å². The van der Waals surface area contributed by atoms with Gasteiger partial charge in [0.1, 0.15) is 0 Å². The molecule has 2 aliphatic carbocycles. The molecular weight excluding hydrogens is 308 g/mol. The maximum Gasteiger partial charge on any atom is 0.245 e. The van der Waals surface area contributed by atoms with Crippen LogP contribution < -0.4 is 4.90 Å². The van der Waals surface area contributed by atoms with Crippen molar-refractivity contribution >= 4 is 5.95 Å². The SMILES string of the molecule is OC1C2CC3CN(c4nnnn4CCCN4CCOCC4)C1C3C2. The van der Waals surface area contributed by atoms with Crippen LogP contribution in [-0.2, 0) is 11.3 Å². The Kier molecular flexibility index (Phi) is 3.71. The second kappa shape index (κ2) is 5.93. The van der Waals surface area contributed by atoms with E-state index in [2.05, 4.69) is 25.3 Å². The van der Waals surface area contributed by atoms with Gasteiger partial charge in [-0.2, -0.15) is 0 Å². The van der Waals surface area contributed by atoms with E-state index in [9.17, 15) is 5.11 Å². The molecule has 4 fully saturated rings. The quantitative estimate of drug-likeness (QED) is 0.785. The molecule has 24 heavy (non-hydrogen) atoms. The van der Waals surface area contributed by atoms with Gasteiger partial charge < -0.3 is 14.7 Å². The minimum absolute atomic E-state index is 0.202. The number of morpholine rings is 1. The largest absolute Gasteiger partial charge is 0.391 e. The molecule has 1 aromatic heterocycles. The van der Waals surface area contributed by atoms with Gasteiger partial charge in [0.15, 0.2) is 0 Å². The Morgan fingerprint density at radius 2 is 2.00 bits per heavy atom. The predicted molar refractivity (Wildman–Crippen MR) is 86.5 cm³/mol. The van der Waals surface area contributed by atoms with Crippen molar-refractivity contribution in [1.29, 1.82) is 0 Å². The second-order valence-electron chi connectivity index (χ2n) is 7.80. The summed E-state index contributed by atoms with van der Waals surface area (Å²) < 4.78 is 7.33. The van der Waals surface area contributed by atoms with Gasteiger partial charge in [-0.25, -0.2) is 4.68 Å². The highest BCUT2D eigenvalue weighted by molar-refractivity contribution is 5.38. The van der Waals surface area contributed by atoms with Crippen molar-refractivity contribution in [2.75, 3.05) is 44.3 Å². The zero-order chi connectivity index (χ0) is 16.1. The summed E-state index contributed by atoms with van der Waals surface area (Å²) in [5, 5.41) is 23.0. The van der Waals surface area contributed by atoms with Crippen LogP contribution >= 0.6 is 0 Å². The van der Waals surface area contributed by atoms with Crippen molar-refractivity contribution < 1.29 is 9.84 Å². The van der Waals surface area contributed by atoms with E-state index in [1.807, 2.05) is 4.68 Å². The number of aliphatic hydroxyl groups is 1. The summed E-state index contributed by atoms with van der Waals surface area (Å²) in [7, 11) is 0. The molecule has 0 radical (unpaired) electrons. The summed E-state index contributed by atoms with van der Waals surface area (Å²) in [6.07, 6.45) is 3.20. The number of aliphatic hydroxyl groups excluding tert-OH is 1. The number of hydrogen-bond donors (Lipinski definition) is 1. The van der Waals surface area contributed by atoms with Crippen LogP contribution in [0.15, 0.2) is 0 Å². The predicted octanol–water partition coefficient (Wildman–Crippen LogP) is -0.399. The van der Waals surface area contributed by atoms with Gasteiger partial charge >= 0.3 is 0 Å². The van der Waals surface area contributed by atoms with Crippen LogP contribution in [0.4, 0.5) is 5.95 Å². The zero-order valence-corrected chi connectivity index (χ0v) is 14.0. The highest BCUT2D eigenvalue weighted by atomic mass is 16.5. The molecule has 0 aromatic carbocycles. The first-order chi connectivity index (χ1) is 11.8. The van der Waals surface area contributed by atoms with Crippen LogP contribution in [0.1, 0.15) is 19.3 Å². The number of hydrogen-bond acceptors (Lipinski definition) is 7. The maximum atomic E-state index is 10.6. The van der Waals surface area contributed by atoms with Crippen LogP contribution in [0, 0.1) is 17.8 Å². The lowest BCUT2D eigenvalue weighted by Gasteiger charge is -2.29. The molecule has 2 saturated heterocycles. The minimum atomic E-state index is -0.202. The van der Waals surface area contributed by atoms with E-state index in [0.717, 1.165) is 64.2 Å². The fourth-order valence-corrected chi connectivity index (χ4v) is 5.47. The van der Waals surface area contributed by atoms with Gasteiger partial charge in [-0.1, -0.05) is 5.10 Å². The molecule has 0 spiro atoms. The van der Waals surface area contributed by atoms with E-state index in [-0.39, 0.29) is 12.1 Å². The van der Waals surface area contributed by atoms with Crippen molar-refractivity contribution in [3.8, 4) is 0 Å². The van der Waals surface area contributed by atoms with Crippen LogP contribution in [-0.4, -0.2) is 81.8 Å². The highest BCUT2D eigenvalue weighted by Crippen LogP contribution is 2.55. The molecule has 2 bridgehead atoms. The van der Waals surface area contributed by atoms with Crippen LogP contribution in [0.2, 0.25) is 0 Å². The summed E-state index contributed by atoms with van der Waals surface area (Å²) in [6, 6.07) is 0.234. The lowest BCUT2D eigenvalue weighted by Crippen LogP contribution is -2.42. The fourth-order valence-electron chi connectivity index (χ4n) is 5.47. The number of tetrazole rings is 1. The Morgan fingerprint density at radius 1 is 1.12 bits per heavy atom. The van der Waals surface area contributed by atoms with Gasteiger partial charge in [0.05, 0.1) is 25.4 Å². The van der Waals surface area contributed by atoms with Crippen molar-refractivity contribution in [1.82, 2.24) is 25.1 Å². The lowest BCUT2D eigenvalue weighted by atomic mass is 9.88. The fraction of sp³-hybridized carbons (Fsp3) is 0.938. The van der Waals surface area contributed by atoms with Gasteiger partial charge in [-0.3, -0.25) is 4.90 Å². The van der Waals surface area contributed by atoms with Gasteiger partial charge in [0.25, 0.3) is 0 Å². The zero-order valence-electron chi connectivity index (χ0n) is 14.0. The Hall–Kier alpha value is -1.25. The van der Waals surface area contributed by atoms with Crippen molar-refractivity contribution in [2.45, 2.75) is 38.0 Å². The Labute approximate surface area is 141 Å². The van der Waals surface area contributed by atoms with Crippen LogP contribution in [0.25, 0.3) is 0 Å². The lowest BCUT2D eigenvalue weighted by molar-refractivity contribution is 0.0368. The normalized spacial score (nSPS) is 38.4. The third kappa shape index (κ3) is 2.34. The Balaban J connectivity index is 1.24. The summed E-state index contributed by atoms with van der Waals surface area (Å²) in [6.45, 7) is 6.62. The molecule has 0 amide bonds. The summed E-state index contributed by atoms with van der Waals surface area (Å²) in [5.74, 6) is 2.72. The molecule has 5 unspecified atom stereocenters. The molecule has 8 heteroatoms. The van der Waals surface area contributed by atoms with Crippen molar-refractivity contribution in [3.63, 3.8) is 0 Å². The van der Waals surface area contributed by atoms with E-state index in [1.54, 1.807) is 0 Å². The molecule has 2 saturated carbocycles. The topological polar surface area (TPSA) is 79.5 Å². The van der Waals surface area contributed by atoms with Gasteiger partial charge in [-0.15, -0.1) is 0 Å². The third-order valence-electron chi connectivity index (χ3n) is 6.57. The van der Waals surface area contributed by atoms with Gasteiger partial charge in [-0.05, 0) is 47.4 Å². The van der Waals surface area contributed by atoms with E-state index in [4.69, 9.17) is 4.74 Å². The van der Waals surface area contributed by atoms with Crippen molar-refractivity contribution in [3.05, 3.63) is 0 Å². The number of aromatic nitrogens is 4. The minimum Gasteiger partial charge on any atom is -0.391 e. The molecule has 5 rings (SSSR count). The third-order valence-corrected chi connectivity index (χ3v) is 6.57. The number of ether oxygens (including phenoxy) is 1. The second-order valence-corrected chi connectivity index (χ2v) is 7.80. The monoisotopic (exact) mass is 334 g/mol. The maximum absolute atomic E-state index is 10.6. The van der Waals surface area contributed by atoms with E-state index in [0.29, 0.717) is 11.8 Å². The first-order valence-electron chi connectivity index (χ1n) is 9.32. The Bertz CT molecular complexity index is 587. The Morgan fingerprint density at radius 3 is 2.83 bits per heavy atom.